The Kier molecular flexibility index (Phi) is 5.15. The van der Waals surface area contributed by atoms with Gasteiger partial charge in [-0.1, -0.05) is 12.1 Å². The summed E-state index contributed by atoms with van der Waals surface area (Å²) >= 11 is 1.61. The summed E-state index contributed by atoms with van der Waals surface area (Å²) in [5, 5.41) is -0.00830. The number of hydrogen-bond donors (Lipinski definition) is 0. The number of carbonyl (C=O) groups is 2. The molecule has 124 valence electrons. The van der Waals surface area contributed by atoms with Crippen molar-refractivity contribution in [2.75, 3.05) is 19.4 Å². The molecular weight excluding hydrogens is 324 g/mol. The van der Waals surface area contributed by atoms with E-state index in [0.717, 1.165) is 17.5 Å². The lowest BCUT2D eigenvalue weighted by Crippen LogP contribution is -2.30. The summed E-state index contributed by atoms with van der Waals surface area (Å²) in [5.74, 6) is 0.280. The van der Waals surface area contributed by atoms with E-state index in [1.807, 2.05) is 29.2 Å². The van der Waals surface area contributed by atoms with Crippen molar-refractivity contribution in [3.8, 4) is 0 Å². The molecule has 2 heterocycles. The first-order chi connectivity index (χ1) is 11.7. The highest BCUT2D eigenvalue weighted by atomic mass is 32.2. The molecule has 24 heavy (non-hydrogen) atoms. The second-order valence-electron chi connectivity index (χ2n) is 5.47. The maximum Gasteiger partial charge on any atom is 0.337 e. The number of rotatable bonds is 5. The number of nitrogens with zero attached hydrogens (tertiary/aromatic N) is 2. The van der Waals surface area contributed by atoms with Gasteiger partial charge in [-0.25, -0.2) is 4.79 Å². The largest absolute Gasteiger partial charge is 0.465 e. The average molecular weight is 342 g/mol. The minimum atomic E-state index is -0.355. The van der Waals surface area contributed by atoms with Gasteiger partial charge in [-0.3, -0.25) is 9.78 Å². The average Bonchev–Trinajstić information content (AvgIpc) is 3.01. The highest BCUT2D eigenvalue weighted by Gasteiger charge is 2.32. The molecule has 6 heteroatoms. The number of thioether (sulfide) groups is 1. The topological polar surface area (TPSA) is 59.5 Å². The molecule has 0 bridgehead atoms. The Balaban J connectivity index is 1.71. The Morgan fingerprint density at radius 3 is 2.62 bits per heavy atom. The van der Waals surface area contributed by atoms with Crippen LogP contribution in [-0.2, 0) is 16.0 Å². The van der Waals surface area contributed by atoms with Crippen molar-refractivity contribution in [1.29, 1.82) is 0 Å². The van der Waals surface area contributed by atoms with Gasteiger partial charge in [0.2, 0.25) is 5.91 Å². The standard InChI is InChI=1S/C18H18N2O3S/c1-23-18(22)15-4-2-14(3-5-15)17-20(16(21)12-24-17)11-8-13-6-9-19-10-7-13/h2-7,9-10,17H,8,11-12H2,1H3. The number of carbonyl (C=O) groups excluding carboxylic acids is 2. The number of benzene rings is 1. The SMILES string of the molecule is COC(=O)c1ccc(C2SCC(=O)N2CCc2ccncc2)cc1. The van der Waals surface area contributed by atoms with Crippen molar-refractivity contribution < 1.29 is 14.3 Å². The molecule has 1 aromatic heterocycles. The van der Waals surface area contributed by atoms with Gasteiger partial charge in [0.15, 0.2) is 0 Å². The van der Waals surface area contributed by atoms with Crippen molar-refractivity contribution >= 4 is 23.6 Å². The van der Waals surface area contributed by atoms with Crippen LogP contribution in [0.1, 0.15) is 26.9 Å². The van der Waals surface area contributed by atoms with Gasteiger partial charge < -0.3 is 9.64 Å². The van der Waals surface area contributed by atoms with Gasteiger partial charge in [0, 0.05) is 18.9 Å². The molecular formula is C18H18N2O3S. The summed E-state index contributed by atoms with van der Waals surface area (Å²) in [7, 11) is 1.36. The van der Waals surface area contributed by atoms with Crippen molar-refractivity contribution in [3.63, 3.8) is 0 Å². The number of aromatic nitrogens is 1. The second kappa shape index (κ2) is 7.49. The summed E-state index contributed by atoms with van der Waals surface area (Å²) < 4.78 is 4.71. The first-order valence-corrected chi connectivity index (χ1v) is 8.72. The van der Waals surface area contributed by atoms with Crippen LogP contribution in [-0.4, -0.2) is 41.2 Å². The fourth-order valence-electron chi connectivity index (χ4n) is 2.67. The van der Waals surface area contributed by atoms with Crippen LogP contribution in [0, 0.1) is 0 Å². The third-order valence-corrected chi connectivity index (χ3v) is 5.23. The van der Waals surface area contributed by atoms with Gasteiger partial charge in [-0.2, -0.15) is 0 Å². The number of methoxy groups -OCH3 is 1. The van der Waals surface area contributed by atoms with E-state index < -0.39 is 0 Å². The summed E-state index contributed by atoms with van der Waals surface area (Å²) in [6.45, 7) is 0.666. The van der Waals surface area contributed by atoms with Crippen LogP contribution in [0.15, 0.2) is 48.8 Å². The molecule has 2 aromatic rings. The molecule has 0 spiro atoms. The van der Waals surface area contributed by atoms with Gasteiger partial charge in [-0.15, -0.1) is 11.8 Å². The summed E-state index contributed by atoms with van der Waals surface area (Å²) in [4.78, 5) is 29.7. The monoisotopic (exact) mass is 342 g/mol. The van der Waals surface area contributed by atoms with Crippen molar-refractivity contribution in [1.82, 2.24) is 9.88 Å². The minimum Gasteiger partial charge on any atom is -0.465 e. The van der Waals surface area contributed by atoms with E-state index in [9.17, 15) is 9.59 Å². The zero-order valence-electron chi connectivity index (χ0n) is 13.3. The minimum absolute atomic E-state index is 0.00830. The van der Waals surface area contributed by atoms with E-state index in [1.54, 1.807) is 36.3 Å². The van der Waals surface area contributed by atoms with Gasteiger partial charge >= 0.3 is 5.97 Å². The van der Waals surface area contributed by atoms with Crippen LogP contribution >= 0.6 is 11.8 Å². The van der Waals surface area contributed by atoms with E-state index in [2.05, 4.69) is 4.98 Å². The van der Waals surface area contributed by atoms with E-state index >= 15 is 0 Å². The number of esters is 1. The Morgan fingerprint density at radius 1 is 1.25 bits per heavy atom. The molecule has 1 fully saturated rings. The third-order valence-electron chi connectivity index (χ3n) is 3.98. The van der Waals surface area contributed by atoms with Gasteiger partial charge in [0.25, 0.3) is 0 Å². The molecule has 1 atom stereocenters. The van der Waals surface area contributed by atoms with Gasteiger partial charge in [0.1, 0.15) is 5.37 Å². The smallest absolute Gasteiger partial charge is 0.337 e. The highest BCUT2D eigenvalue weighted by Crippen LogP contribution is 2.38. The second-order valence-corrected chi connectivity index (χ2v) is 6.54. The molecule has 1 aliphatic heterocycles. The quantitative estimate of drug-likeness (QED) is 0.782. The van der Waals surface area contributed by atoms with Crippen LogP contribution in [0.3, 0.4) is 0 Å². The first kappa shape index (κ1) is 16.5. The van der Waals surface area contributed by atoms with Gasteiger partial charge in [0.05, 0.1) is 18.4 Å². The highest BCUT2D eigenvalue weighted by molar-refractivity contribution is 8.00. The molecule has 1 saturated heterocycles. The Bertz CT molecular complexity index is 719. The third kappa shape index (κ3) is 3.59. The molecule has 5 nitrogen and oxygen atoms in total. The molecule has 0 saturated carbocycles. The van der Waals surface area contributed by atoms with Crippen LogP contribution < -0.4 is 0 Å². The van der Waals surface area contributed by atoms with Crippen LogP contribution in [0.5, 0.6) is 0 Å². The summed E-state index contributed by atoms with van der Waals surface area (Å²) in [5.41, 5.74) is 2.70. The molecule has 1 aliphatic rings. The lowest BCUT2D eigenvalue weighted by atomic mass is 10.1. The van der Waals surface area contributed by atoms with E-state index in [0.29, 0.717) is 17.9 Å². The van der Waals surface area contributed by atoms with Gasteiger partial charge in [-0.05, 0) is 41.8 Å². The number of hydrogen-bond acceptors (Lipinski definition) is 5. The van der Waals surface area contributed by atoms with Crippen molar-refractivity contribution in [3.05, 3.63) is 65.5 Å². The number of pyridine rings is 1. The zero-order chi connectivity index (χ0) is 16.9. The number of ether oxygens (including phenoxy) is 1. The predicted octanol–water partition coefficient (Wildman–Crippen LogP) is 2.68. The maximum absolute atomic E-state index is 12.2. The Hall–Kier alpha value is -2.34. The van der Waals surface area contributed by atoms with E-state index in [-0.39, 0.29) is 17.3 Å². The lowest BCUT2D eigenvalue weighted by molar-refractivity contribution is -0.128. The molecule has 1 aromatic carbocycles. The first-order valence-electron chi connectivity index (χ1n) is 7.67. The normalized spacial score (nSPS) is 17.1. The molecule has 1 amide bonds. The maximum atomic E-state index is 12.2. The molecule has 1 unspecified atom stereocenters. The molecule has 0 radical (unpaired) electrons. The van der Waals surface area contributed by atoms with Crippen LogP contribution in [0.4, 0.5) is 0 Å². The Labute approximate surface area is 145 Å². The fraction of sp³-hybridized carbons (Fsp3) is 0.278. The fourth-order valence-corrected chi connectivity index (χ4v) is 3.89. The molecule has 0 aliphatic carbocycles. The van der Waals surface area contributed by atoms with Crippen LogP contribution in [0.2, 0.25) is 0 Å². The zero-order valence-corrected chi connectivity index (χ0v) is 14.2. The van der Waals surface area contributed by atoms with Crippen LogP contribution in [0.25, 0.3) is 0 Å². The van der Waals surface area contributed by atoms with E-state index in [4.69, 9.17) is 4.74 Å². The predicted molar refractivity (Wildman–Crippen MR) is 92.6 cm³/mol. The summed E-state index contributed by atoms with van der Waals surface area (Å²) in [6.07, 6.45) is 4.32. The lowest BCUT2D eigenvalue weighted by Gasteiger charge is -2.24. The van der Waals surface area contributed by atoms with Crippen molar-refractivity contribution in [2.24, 2.45) is 0 Å². The Morgan fingerprint density at radius 2 is 1.96 bits per heavy atom. The molecule has 0 N–H and O–H groups in total. The summed E-state index contributed by atoms with van der Waals surface area (Å²) in [6, 6.07) is 11.2. The number of amides is 1. The molecule has 3 rings (SSSR count). The van der Waals surface area contributed by atoms with Crippen molar-refractivity contribution in [2.45, 2.75) is 11.8 Å². The van der Waals surface area contributed by atoms with E-state index in [1.165, 1.54) is 7.11 Å².